The molecule has 3 heteroatoms. The van der Waals surface area contributed by atoms with Gasteiger partial charge in [-0.25, -0.2) is 4.98 Å². The molecule has 4 rings (SSSR count). The minimum atomic E-state index is -0.0851. The highest BCUT2D eigenvalue weighted by Gasteiger charge is 2.35. The first-order chi connectivity index (χ1) is 9.22. The Balaban J connectivity index is 1.63. The van der Waals surface area contributed by atoms with E-state index in [4.69, 9.17) is 0 Å². The van der Waals surface area contributed by atoms with Crippen molar-refractivity contribution in [3.8, 4) is 0 Å². The first kappa shape index (κ1) is 10.5. The van der Waals surface area contributed by atoms with Crippen molar-refractivity contribution in [1.82, 2.24) is 4.98 Å². The van der Waals surface area contributed by atoms with Crippen molar-refractivity contribution in [3.63, 3.8) is 0 Å². The Morgan fingerprint density at radius 3 is 3.05 bits per heavy atom. The molecule has 0 atom stereocenters. The van der Waals surface area contributed by atoms with Crippen molar-refractivity contribution in [2.24, 2.45) is 0 Å². The summed E-state index contributed by atoms with van der Waals surface area (Å²) in [4.78, 5) is 16.4. The number of amides is 1. The molecule has 0 bridgehead atoms. The van der Waals surface area contributed by atoms with Gasteiger partial charge in [0.25, 0.3) is 5.91 Å². The first-order valence-corrected chi connectivity index (χ1v) is 6.33. The summed E-state index contributed by atoms with van der Waals surface area (Å²) in [6.07, 6.45) is 8.86. The lowest BCUT2D eigenvalue weighted by molar-refractivity contribution is -0.112. The highest BCUT2D eigenvalue weighted by molar-refractivity contribution is 6.08. The smallest absolute Gasteiger partial charge is 0.257 e. The molecule has 1 aromatic heterocycles. The normalized spacial score (nSPS) is 18.5. The second kappa shape index (κ2) is 3.54. The molecule has 1 aromatic rings. The molecule has 1 amide bonds. The number of allylic oxidation sites excluding steroid dienone is 6. The maximum absolute atomic E-state index is 12.3. The number of hydrogen-bond donors (Lipinski definition) is 1. The first-order valence-electron chi connectivity index (χ1n) is 6.33. The van der Waals surface area contributed by atoms with Crippen LogP contribution in [0.2, 0.25) is 0 Å². The number of anilines is 1. The van der Waals surface area contributed by atoms with Crippen molar-refractivity contribution in [3.05, 3.63) is 70.0 Å². The van der Waals surface area contributed by atoms with Crippen LogP contribution in [0.25, 0.3) is 0 Å². The third-order valence-electron chi connectivity index (χ3n) is 3.67. The van der Waals surface area contributed by atoms with Gasteiger partial charge in [-0.1, -0.05) is 6.08 Å². The number of aromatic nitrogens is 1. The van der Waals surface area contributed by atoms with Crippen molar-refractivity contribution < 1.29 is 4.79 Å². The molecule has 1 saturated carbocycles. The zero-order valence-electron chi connectivity index (χ0n) is 10.5. The monoisotopic (exact) mass is 248 g/mol. The summed E-state index contributed by atoms with van der Waals surface area (Å²) in [6.45, 7) is 1.98. The van der Waals surface area contributed by atoms with Gasteiger partial charge in [-0.3, -0.25) is 4.79 Å². The van der Waals surface area contributed by atoms with E-state index in [9.17, 15) is 4.79 Å². The second-order valence-corrected chi connectivity index (χ2v) is 5.07. The Hall–Kier alpha value is -2.42. The van der Waals surface area contributed by atoms with Crippen molar-refractivity contribution in [2.45, 2.75) is 13.3 Å². The second-order valence-electron chi connectivity index (χ2n) is 5.07. The van der Waals surface area contributed by atoms with E-state index >= 15 is 0 Å². The fourth-order valence-electron chi connectivity index (χ4n) is 2.62. The summed E-state index contributed by atoms with van der Waals surface area (Å²) in [6, 6.07) is 3.77. The number of carbonyl (C=O) groups excluding carboxylic acids is 1. The van der Waals surface area contributed by atoms with Gasteiger partial charge in [-0.15, -0.1) is 0 Å². The highest BCUT2D eigenvalue weighted by atomic mass is 16.1. The summed E-state index contributed by atoms with van der Waals surface area (Å²) >= 11 is 0. The molecule has 3 aliphatic carbocycles. The van der Waals surface area contributed by atoms with E-state index in [-0.39, 0.29) is 5.91 Å². The molecule has 0 radical (unpaired) electrons. The third kappa shape index (κ3) is 1.58. The summed E-state index contributed by atoms with van der Waals surface area (Å²) in [5, 5.41) is 2.86. The predicted molar refractivity (Wildman–Crippen MR) is 73.5 cm³/mol. The summed E-state index contributed by atoms with van der Waals surface area (Å²) in [5.41, 5.74) is 6.91. The molecule has 3 aliphatic rings. The van der Waals surface area contributed by atoms with E-state index in [2.05, 4.69) is 16.4 Å². The van der Waals surface area contributed by atoms with Crippen LogP contribution in [-0.4, -0.2) is 10.9 Å². The van der Waals surface area contributed by atoms with Gasteiger partial charge in [0.15, 0.2) is 0 Å². The molecule has 0 unspecified atom stereocenters. The highest BCUT2D eigenvalue weighted by Crippen LogP contribution is 2.51. The number of nitrogens with zero attached hydrogens (tertiary/aromatic N) is 1. The zero-order valence-corrected chi connectivity index (χ0v) is 10.5. The zero-order chi connectivity index (χ0) is 13.0. The lowest BCUT2D eigenvalue weighted by Gasteiger charge is -2.06. The number of aryl methyl sites for hydroxylation is 1. The lowest BCUT2D eigenvalue weighted by Crippen LogP contribution is -2.14. The molecule has 1 heterocycles. The van der Waals surface area contributed by atoms with E-state index in [1.807, 2.05) is 31.2 Å². The predicted octanol–water partition coefficient (Wildman–Crippen LogP) is 2.84. The summed E-state index contributed by atoms with van der Waals surface area (Å²) in [5.74, 6) is 0.515. The van der Waals surface area contributed by atoms with Gasteiger partial charge in [-0.05, 0) is 65.5 Å². The van der Waals surface area contributed by atoms with Gasteiger partial charge in [0, 0.05) is 11.8 Å². The molecule has 92 valence electrons. The van der Waals surface area contributed by atoms with Crippen LogP contribution < -0.4 is 5.32 Å². The van der Waals surface area contributed by atoms with Gasteiger partial charge < -0.3 is 5.32 Å². The average molecular weight is 248 g/mol. The van der Waals surface area contributed by atoms with Crippen molar-refractivity contribution in [1.29, 1.82) is 0 Å². The SMILES string of the molecule is Cc1ccnc(NC(=O)C2=C3C=C4CC4=C3C=C2)c1. The van der Waals surface area contributed by atoms with Gasteiger partial charge >= 0.3 is 0 Å². The molecule has 0 aromatic carbocycles. The standard InChI is InChI=1S/C16H12N2O/c1-9-4-5-17-15(6-9)18-16(19)12-3-2-11-13-7-10(13)8-14(11)12/h2-6,8H,7H2,1H3,(H,17,18,19). The van der Waals surface area contributed by atoms with Crippen LogP contribution in [0.15, 0.2) is 64.4 Å². The Morgan fingerprint density at radius 2 is 2.21 bits per heavy atom. The van der Waals surface area contributed by atoms with Crippen LogP contribution >= 0.6 is 0 Å². The van der Waals surface area contributed by atoms with E-state index in [1.165, 1.54) is 16.7 Å². The van der Waals surface area contributed by atoms with E-state index < -0.39 is 0 Å². The largest absolute Gasteiger partial charge is 0.307 e. The fraction of sp³-hybridized carbons (Fsp3) is 0.125. The molecule has 1 N–H and O–H groups in total. The van der Waals surface area contributed by atoms with Crippen LogP contribution in [0.4, 0.5) is 5.82 Å². The molecule has 0 saturated heterocycles. The van der Waals surface area contributed by atoms with Crippen LogP contribution in [0.5, 0.6) is 0 Å². The van der Waals surface area contributed by atoms with E-state index in [0.29, 0.717) is 5.82 Å². The Morgan fingerprint density at radius 1 is 1.32 bits per heavy atom. The number of nitrogens with one attached hydrogen (secondary N) is 1. The van der Waals surface area contributed by atoms with Gasteiger partial charge in [0.05, 0.1) is 0 Å². The maximum atomic E-state index is 12.3. The minimum absolute atomic E-state index is 0.0851. The summed E-state index contributed by atoms with van der Waals surface area (Å²) in [7, 11) is 0. The molecule has 3 nitrogen and oxygen atoms in total. The van der Waals surface area contributed by atoms with Crippen LogP contribution in [0, 0.1) is 6.92 Å². The average Bonchev–Trinajstić information content (AvgIpc) is 2.86. The van der Waals surface area contributed by atoms with Crippen molar-refractivity contribution >= 4 is 11.7 Å². The number of hydrogen-bond acceptors (Lipinski definition) is 2. The van der Waals surface area contributed by atoms with Gasteiger partial charge in [0.1, 0.15) is 5.82 Å². The Kier molecular flexibility index (Phi) is 1.96. The number of rotatable bonds is 2. The molecular weight excluding hydrogens is 236 g/mol. The molecular formula is C16H12N2O. The minimum Gasteiger partial charge on any atom is -0.307 e. The lowest BCUT2D eigenvalue weighted by atomic mass is 10.1. The summed E-state index contributed by atoms with van der Waals surface area (Å²) < 4.78 is 0. The topological polar surface area (TPSA) is 42.0 Å². The third-order valence-corrected chi connectivity index (χ3v) is 3.67. The quantitative estimate of drug-likeness (QED) is 0.874. The number of pyridine rings is 1. The number of fused-ring (bicyclic) bond motifs is 2. The van der Waals surface area contributed by atoms with Gasteiger partial charge in [0.2, 0.25) is 0 Å². The van der Waals surface area contributed by atoms with Crippen LogP contribution in [-0.2, 0) is 4.79 Å². The molecule has 1 fully saturated rings. The number of carbonyl (C=O) groups is 1. The molecule has 0 spiro atoms. The fourth-order valence-corrected chi connectivity index (χ4v) is 2.62. The Labute approximate surface area is 111 Å². The van der Waals surface area contributed by atoms with Gasteiger partial charge in [-0.2, -0.15) is 0 Å². The molecule has 0 aliphatic heterocycles. The van der Waals surface area contributed by atoms with Crippen LogP contribution in [0.3, 0.4) is 0 Å². The van der Waals surface area contributed by atoms with E-state index in [0.717, 1.165) is 23.1 Å². The Bertz CT molecular complexity index is 748. The van der Waals surface area contributed by atoms with Crippen molar-refractivity contribution in [2.75, 3.05) is 5.32 Å². The molecule has 19 heavy (non-hydrogen) atoms. The maximum Gasteiger partial charge on any atom is 0.257 e. The van der Waals surface area contributed by atoms with Crippen LogP contribution in [0.1, 0.15) is 12.0 Å². The van der Waals surface area contributed by atoms with E-state index in [1.54, 1.807) is 6.20 Å².